The van der Waals surface area contributed by atoms with Crippen molar-refractivity contribution in [2.24, 2.45) is 11.7 Å². The molecule has 2 unspecified atom stereocenters. The Labute approximate surface area is 126 Å². The summed E-state index contributed by atoms with van der Waals surface area (Å²) in [5.41, 5.74) is 6.57. The van der Waals surface area contributed by atoms with Crippen molar-refractivity contribution in [2.45, 2.75) is 30.7 Å². The first-order valence-electron chi connectivity index (χ1n) is 7.18. The van der Waals surface area contributed by atoms with Crippen molar-refractivity contribution in [1.29, 1.82) is 0 Å². The Morgan fingerprint density at radius 3 is 2.48 bits per heavy atom. The van der Waals surface area contributed by atoms with E-state index >= 15 is 0 Å². The van der Waals surface area contributed by atoms with Gasteiger partial charge in [-0.1, -0.05) is 13.3 Å². The Balaban J connectivity index is 2.13. The molecule has 1 aliphatic heterocycles. The van der Waals surface area contributed by atoms with Gasteiger partial charge in [-0.2, -0.15) is 0 Å². The summed E-state index contributed by atoms with van der Waals surface area (Å²) in [5.74, 6) is 0.276. The molecule has 0 radical (unpaired) electrons. The molecule has 1 aromatic rings. The molecule has 2 N–H and O–H groups in total. The summed E-state index contributed by atoms with van der Waals surface area (Å²) in [6, 6.07) is 6.28. The number of hydrogen-bond donors (Lipinski definition) is 1. The lowest BCUT2D eigenvalue weighted by Crippen LogP contribution is -2.49. The lowest BCUT2D eigenvalue weighted by atomic mass is 9.90. The standard InChI is InChI=1S/C15H22N2O3S/c1-3-11-10-17(9-8-14(11)16)15(18)12-4-6-13(7-5-12)21(2,19)20/h4-7,11,14H,3,8-10,16H2,1-2H3. The Bertz CT molecular complexity index is 610. The lowest BCUT2D eigenvalue weighted by molar-refractivity contribution is 0.0649. The van der Waals surface area contributed by atoms with Gasteiger partial charge in [-0.25, -0.2) is 8.42 Å². The van der Waals surface area contributed by atoms with Crippen molar-refractivity contribution in [1.82, 2.24) is 4.90 Å². The van der Waals surface area contributed by atoms with Gasteiger partial charge >= 0.3 is 0 Å². The number of sulfone groups is 1. The van der Waals surface area contributed by atoms with E-state index < -0.39 is 9.84 Å². The Morgan fingerprint density at radius 2 is 1.95 bits per heavy atom. The predicted octanol–water partition coefficient (Wildman–Crippen LogP) is 1.29. The first-order chi connectivity index (χ1) is 9.82. The maximum Gasteiger partial charge on any atom is 0.253 e. The van der Waals surface area contributed by atoms with Gasteiger partial charge in [0, 0.05) is 31.0 Å². The average molecular weight is 310 g/mol. The van der Waals surface area contributed by atoms with E-state index in [1.54, 1.807) is 12.1 Å². The minimum Gasteiger partial charge on any atom is -0.338 e. The molecule has 0 bridgehead atoms. The number of amides is 1. The van der Waals surface area contributed by atoms with E-state index in [0.29, 0.717) is 24.6 Å². The number of carbonyl (C=O) groups is 1. The minimum absolute atomic E-state index is 0.0552. The lowest BCUT2D eigenvalue weighted by Gasteiger charge is -2.36. The monoisotopic (exact) mass is 310 g/mol. The van der Waals surface area contributed by atoms with Crippen LogP contribution in [0.15, 0.2) is 29.2 Å². The molecule has 0 spiro atoms. The number of carbonyl (C=O) groups excluding carboxylic acids is 1. The van der Waals surface area contributed by atoms with Crippen LogP contribution in [0.4, 0.5) is 0 Å². The molecular formula is C15H22N2O3S. The molecule has 2 rings (SSSR count). The fourth-order valence-electron chi connectivity index (χ4n) is 2.69. The minimum atomic E-state index is -3.23. The third-order valence-corrected chi connectivity index (χ3v) is 5.26. The molecule has 1 aromatic carbocycles. The van der Waals surface area contributed by atoms with Crippen LogP contribution in [-0.4, -0.2) is 44.6 Å². The van der Waals surface area contributed by atoms with Gasteiger partial charge in [0.15, 0.2) is 9.84 Å². The highest BCUT2D eigenvalue weighted by molar-refractivity contribution is 7.90. The van der Waals surface area contributed by atoms with Crippen LogP contribution in [0.2, 0.25) is 0 Å². The van der Waals surface area contributed by atoms with E-state index in [1.165, 1.54) is 12.1 Å². The van der Waals surface area contributed by atoms with Crippen molar-refractivity contribution in [3.63, 3.8) is 0 Å². The van der Waals surface area contributed by atoms with Crippen LogP contribution < -0.4 is 5.73 Å². The smallest absolute Gasteiger partial charge is 0.253 e. The number of benzene rings is 1. The highest BCUT2D eigenvalue weighted by Gasteiger charge is 2.28. The van der Waals surface area contributed by atoms with Gasteiger partial charge in [0.1, 0.15) is 0 Å². The normalized spacial score (nSPS) is 23.1. The zero-order valence-corrected chi connectivity index (χ0v) is 13.3. The number of hydrogen-bond acceptors (Lipinski definition) is 4. The fraction of sp³-hybridized carbons (Fsp3) is 0.533. The van der Waals surface area contributed by atoms with Crippen molar-refractivity contribution in [3.05, 3.63) is 29.8 Å². The van der Waals surface area contributed by atoms with Crippen molar-refractivity contribution >= 4 is 15.7 Å². The predicted molar refractivity (Wildman–Crippen MR) is 81.8 cm³/mol. The number of rotatable bonds is 3. The third-order valence-electron chi connectivity index (χ3n) is 4.13. The molecule has 21 heavy (non-hydrogen) atoms. The van der Waals surface area contributed by atoms with Gasteiger partial charge in [-0.15, -0.1) is 0 Å². The van der Waals surface area contributed by atoms with Crippen LogP contribution in [0.5, 0.6) is 0 Å². The SMILES string of the molecule is CCC1CN(C(=O)c2ccc(S(C)(=O)=O)cc2)CCC1N. The van der Waals surface area contributed by atoms with Crippen LogP contribution in [0.1, 0.15) is 30.1 Å². The Kier molecular flexibility index (Phi) is 4.68. The molecule has 1 aliphatic rings. The topological polar surface area (TPSA) is 80.5 Å². The molecule has 6 heteroatoms. The van der Waals surface area contributed by atoms with Crippen molar-refractivity contribution < 1.29 is 13.2 Å². The molecule has 0 saturated carbocycles. The summed E-state index contributed by atoms with van der Waals surface area (Å²) in [4.78, 5) is 14.5. The third kappa shape index (κ3) is 3.63. The van der Waals surface area contributed by atoms with Crippen molar-refractivity contribution in [3.8, 4) is 0 Å². The van der Waals surface area contributed by atoms with Gasteiger partial charge in [-0.05, 0) is 36.6 Å². The Morgan fingerprint density at radius 1 is 1.33 bits per heavy atom. The molecule has 1 fully saturated rings. The summed E-state index contributed by atoms with van der Waals surface area (Å²) in [7, 11) is -3.23. The van der Waals surface area contributed by atoms with Crippen LogP contribution >= 0.6 is 0 Å². The quantitative estimate of drug-likeness (QED) is 0.912. The van der Waals surface area contributed by atoms with E-state index in [-0.39, 0.29) is 16.8 Å². The highest BCUT2D eigenvalue weighted by atomic mass is 32.2. The molecule has 2 atom stereocenters. The van der Waals surface area contributed by atoms with Crippen molar-refractivity contribution in [2.75, 3.05) is 19.3 Å². The molecule has 5 nitrogen and oxygen atoms in total. The summed E-state index contributed by atoms with van der Waals surface area (Å²) in [5, 5.41) is 0. The molecule has 0 aliphatic carbocycles. The zero-order valence-electron chi connectivity index (χ0n) is 12.5. The second-order valence-electron chi connectivity index (χ2n) is 5.67. The maximum atomic E-state index is 12.5. The average Bonchev–Trinajstić information content (AvgIpc) is 2.46. The second kappa shape index (κ2) is 6.15. The van der Waals surface area contributed by atoms with Crippen LogP contribution in [0, 0.1) is 5.92 Å². The molecule has 1 amide bonds. The largest absolute Gasteiger partial charge is 0.338 e. The molecule has 1 saturated heterocycles. The van der Waals surface area contributed by atoms with Gasteiger partial charge in [-0.3, -0.25) is 4.79 Å². The van der Waals surface area contributed by atoms with E-state index in [0.717, 1.165) is 19.1 Å². The highest BCUT2D eigenvalue weighted by Crippen LogP contribution is 2.21. The molecule has 1 heterocycles. The number of nitrogens with two attached hydrogens (primary N) is 1. The molecule has 0 aromatic heterocycles. The molecule has 116 valence electrons. The van der Waals surface area contributed by atoms with Gasteiger partial charge < -0.3 is 10.6 Å². The first-order valence-corrected chi connectivity index (χ1v) is 9.07. The van der Waals surface area contributed by atoms with Gasteiger partial charge in [0.05, 0.1) is 4.90 Å². The van der Waals surface area contributed by atoms with E-state index in [2.05, 4.69) is 6.92 Å². The first kappa shape index (κ1) is 16.0. The molecular weight excluding hydrogens is 288 g/mol. The van der Waals surface area contributed by atoms with Crippen LogP contribution in [-0.2, 0) is 9.84 Å². The van der Waals surface area contributed by atoms with Crippen LogP contribution in [0.25, 0.3) is 0 Å². The van der Waals surface area contributed by atoms with E-state index in [9.17, 15) is 13.2 Å². The van der Waals surface area contributed by atoms with Gasteiger partial charge in [0.25, 0.3) is 5.91 Å². The summed E-state index contributed by atoms with van der Waals surface area (Å²) in [6.45, 7) is 3.41. The summed E-state index contributed by atoms with van der Waals surface area (Å²) >= 11 is 0. The zero-order chi connectivity index (χ0) is 15.6. The summed E-state index contributed by atoms with van der Waals surface area (Å²) in [6.07, 6.45) is 2.92. The summed E-state index contributed by atoms with van der Waals surface area (Å²) < 4.78 is 22.8. The fourth-order valence-corrected chi connectivity index (χ4v) is 3.32. The number of likely N-dealkylation sites (tertiary alicyclic amines) is 1. The Hall–Kier alpha value is -1.40. The maximum absolute atomic E-state index is 12.5. The number of piperidine rings is 1. The van der Waals surface area contributed by atoms with E-state index in [1.807, 2.05) is 4.90 Å². The number of nitrogens with zero attached hydrogens (tertiary/aromatic N) is 1. The van der Waals surface area contributed by atoms with Crippen LogP contribution in [0.3, 0.4) is 0 Å². The van der Waals surface area contributed by atoms with E-state index in [4.69, 9.17) is 5.73 Å². The second-order valence-corrected chi connectivity index (χ2v) is 7.68. The van der Waals surface area contributed by atoms with Gasteiger partial charge in [0.2, 0.25) is 0 Å².